The van der Waals surface area contributed by atoms with Crippen molar-refractivity contribution >= 4 is 11.6 Å². The molecule has 0 aromatic carbocycles. The first-order valence-corrected chi connectivity index (χ1v) is 8.49. The first-order valence-electron chi connectivity index (χ1n) is 8.49. The molecule has 0 aliphatic rings. The lowest BCUT2D eigenvalue weighted by Crippen LogP contribution is -1.97. The van der Waals surface area contributed by atoms with E-state index in [1.54, 1.807) is 24.7 Å². The van der Waals surface area contributed by atoms with Crippen LogP contribution in [0.1, 0.15) is 5.69 Å². The summed E-state index contributed by atoms with van der Waals surface area (Å²) in [5.74, 6) is 2.64. The predicted octanol–water partition coefficient (Wildman–Crippen LogP) is 4.78. The molecule has 0 aliphatic heterocycles. The normalized spacial score (nSPS) is 10.4. The second-order valence-electron chi connectivity index (χ2n) is 5.83. The van der Waals surface area contributed by atoms with Gasteiger partial charge in [-0.2, -0.15) is 0 Å². The fraction of sp³-hybridized carbons (Fsp3) is 0.0476. The summed E-state index contributed by atoms with van der Waals surface area (Å²) >= 11 is 0. The zero-order valence-electron chi connectivity index (χ0n) is 14.7. The molecule has 0 bridgehead atoms. The van der Waals surface area contributed by atoms with Crippen LogP contribution in [0.15, 0.2) is 79.3 Å². The van der Waals surface area contributed by atoms with Crippen molar-refractivity contribution in [3.8, 4) is 22.9 Å². The number of rotatable bonds is 5. The third kappa shape index (κ3) is 4.07. The SMILES string of the molecule is Cc1ccc(Oc2ccnc(Nc3ccccn3)c2)c(-c2ccccn2)n1. The molecule has 132 valence electrons. The number of pyridine rings is 4. The maximum atomic E-state index is 6.09. The highest BCUT2D eigenvalue weighted by molar-refractivity contribution is 5.63. The van der Waals surface area contributed by atoms with Crippen molar-refractivity contribution in [3.63, 3.8) is 0 Å². The molecule has 0 atom stereocenters. The summed E-state index contributed by atoms with van der Waals surface area (Å²) < 4.78 is 6.09. The van der Waals surface area contributed by atoms with E-state index in [1.165, 1.54) is 0 Å². The van der Waals surface area contributed by atoms with Gasteiger partial charge in [-0.25, -0.2) is 15.0 Å². The second-order valence-corrected chi connectivity index (χ2v) is 5.83. The monoisotopic (exact) mass is 355 g/mol. The molecule has 0 saturated heterocycles. The lowest BCUT2D eigenvalue weighted by Gasteiger charge is -2.12. The Kier molecular flexibility index (Phi) is 4.70. The number of ether oxygens (including phenoxy) is 1. The molecule has 6 nitrogen and oxygen atoms in total. The van der Waals surface area contributed by atoms with E-state index < -0.39 is 0 Å². The highest BCUT2D eigenvalue weighted by Crippen LogP contribution is 2.31. The number of hydrogen-bond donors (Lipinski definition) is 1. The van der Waals surface area contributed by atoms with E-state index in [2.05, 4.69) is 25.3 Å². The van der Waals surface area contributed by atoms with E-state index in [-0.39, 0.29) is 0 Å². The molecule has 0 saturated carbocycles. The number of hydrogen-bond acceptors (Lipinski definition) is 6. The first kappa shape index (κ1) is 16.7. The van der Waals surface area contributed by atoms with Gasteiger partial charge in [0.25, 0.3) is 0 Å². The summed E-state index contributed by atoms with van der Waals surface area (Å²) in [7, 11) is 0. The van der Waals surface area contributed by atoms with Crippen molar-refractivity contribution in [2.75, 3.05) is 5.32 Å². The second kappa shape index (κ2) is 7.61. The van der Waals surface area contributed by atoms with Crippen LogP contribution >= 0.6 is 0 Å². The van der Waals surface area contributed by atoms with Crippen LogP contribution in [0.3, 0.4) is 0 Å². The van der Waals surface area contributed by atoms with Gasteiger partial charge in [0.2, 0.25) is 0 Å². The first-order chi connectivity index (χ1) is 13.3. The smallest absolute Gasteiger partial charge is 0.155 e. The average molecular weight is 355 g/mol. The Morgan fingerprint density at radius 3 is 2.37 bits per heavy atom. The van der Waals surface area contributed by atoms with Crippen LogP contribution in [-0.2, 0) is 0 Å². The summed E-state index contributed by atoms with van der Waals surface area (Å²) in [6, 6.07) is 18.8. The van der Waals surface area contributed by atoms with Crippen LogP contribution in [0.25, 0.3) is 11.4 Å². The van der Waals surface area contributed by atoms with E-state index >= 15 is 0 Å². The van der Waals surface area contributed by atoms with Crippen LogP contribution in [0.4, 0.5) is 11.6 Å². The van der Waals surface area contributed by atoms with E-state index in [9.17, 15) is 0 Å². The Morgan fingerprint density at radius 1 is 0.778 bits per heavy atom. The fourth-order valence-electron chi connectivity index (χ4n) is 2.55. The third-order valence-corrected chi connectivity index (χ3v) is 3.79. The van der Waals surface area contributed by atoms with Crippen molar-refractivity contribution < 1.29 is 4.74 Å². The highest BCUT2D eigenvalue weighted by atomic mass is 16.5. The van der Waals surface area contributed by atoms with Gasteiger partial charge in [0.05, 0.1) is 5.69 Å². The molecular formula is C21H17N5O. The molecule has 0 radical (unpaired) electrons. The van der Waals surface area contributed by atoms with E-state index in [1.807, 2.05) is 61.5 Å². The number of nitrogens with one attached hydrogen (secondary N) is 1. The van der Waals surface area contributed by atoms with Gasteiger partial charge in [-0.05, 0) is 49.4 Å². The summed E-state index contributed by atoms with van der Waals surface area (Å²) in [6.45, 7) is 1.94. The average Bonchev–Trinajstić information content (AvgIpc) is 2.71. The predicted molar refractivity (Wildman–Crippen MR) is 104 cm³/mol. The molecule has 0 spiro atoms. The number of aryl methyl sites for hydroxylation is 1. The van der Waals surface area contributed by atoms with Gasteiger partial charge in [0.15, 0.2) is 5.75 Å². The van der Waals surface area contributed by atoms with Crippen LogP contribution in [0.5, 0.6) is 11.5 Å². The molecular weight excluding hydrogens is 338 g/mol. The van der Waals surface area contributed by atoms with Crippen LogP contribution in [0, 0.1) is 6.92 Å². The molecule has 0 amide bonds. The van der Waals surface area contributed by atoms with Gasteiger partial charge in [0, 0.05) is 30.4 Å². The summed E-state index contributed by atoms with van der Waals surface area (Å²) in [5.41, 5.74) is 2.36. The molecule has 27 heavy (non-hydrogen) atoms. The van der Waals surface area contributed by atoms with Gasteiger partial charge in [-0.15, -0.1) is 0 Å². The minimum atomic E-state index is 0.634. The third-order valence-electron chi connectivity index (χ3n) is 3.79. The fourth-order valence-corrected chi connectivity index (χ4v) is 2.55. The molecule has 0 aliphatic carbocycles. The maximum absolute atomic E-state index is 6.09. The van der Waals surface area contributed by atoms with Crippen molar-refractivity contribution in [1.29, 1.82) is 0 Å². The van der Waals surface area contributed by atoms with Gasteiger partial charge in [-0.1, -0.05) is 12.1 Å². The zero-order chi connectivity index (χ0) is 18.5. The molecule has 4 aromatic rings. The van der Waals surface area contributed by atoms with Crippen LogP contribution in [0.2, 0.25) is 0 Å². The van der Waals surface area contributed by atoms with E-state index in [0.717, 1.165) is 11.4 Å². The Morgan fingerprint density at radius 2 is 1.59 bits per heavy atom. The molecule has 4 aromatic heterocycles. The standard InChI is InChI=1S/C21H17N5O/c1-15-8-9-18(21(25-15)17-6-2-4-11-22-17)27-16-10-13-24-20(14-16)26-19-7-3-5-12-23-19/h2-14H,1H3,(H,23,24,26). The Labute approximate surface area is 157 Å². The molecule has 0 fully saturated rings. The van der Waals surface area contributed by atoms with Gasteiger partial charge < -0.3 is 10.1 Å². The van der Waals surface area contributed by atoms with Crippen molar-refractivity contribution in [2.45, 2.75) is 6.92 Å². The number of aromatic nitrogens is 4. The van der Waals surface area contributed by atoms with Gasteiger partial charge >= 0.3 is 0 Å². The van der Waals surface area contributed by atoms with Crippen molar-refractivity contribution in [3.05, 3.63) is 84.9 Å². The maximum Gasteiger partial charge on any atom is 0.155 e. The topological polar surface area (TPSA) is 72.8 Å². The van der Waals surface area contributed by atoms with Crippen molar-refractivity contribution in [2.24, 2.45) is 0 Å². The quantitative estimate of drug-likeness (QED) is 0.555. The van der Waals surface area contributed by atoms with Gasteiger partial charge in [0.1, 0.15) is 23.1 Å². The van der Waals surface area contributed by atoms with Gasteiger partial charge in [-0.3, -0.25) is 4.98 Å². The number of nitrogens with zero attached hydrogens (tertiary/aromatic N) is 4. The van der Waals surface area contributed by atoms with Crippen LogP contribution in [-0.4, -0.2) is 19.9 Å². The summed E-state index contributed by atoms with van der Waals surface area (Å²) in [4.78, 5) is 17.5. The molecule has 1 N–H and O–H groups in total. The largest absolute Gasteiger partial charge is 0.455 e. The minimum Gasteiger partial charge on any atom is -0.455 e. The molecule has 4 heterocycles. The van der Waals surface area contributed by atoms with Crippen LogP contribution < -0.4 is 10.1 Å². The number of anilines is 2. The summed E-state index contributed by atoms with van der Waals surface area (Å²) in [5, 5.41) is 3.16. The Balaban J connectivity index is 1.62. The van der Waals surface area contributed by atoms with Crippen molar-refractivity contribution in [1.82, 2.24) is 19.9 Å². The minimum absolute atomic E-state index is 0.634. The Bertz CT molecular complexity index is 1040. The lowest BCUT2D eigenvalue weighted by atomic mass is 10.2. The Hall–Kier alpha value is -3.80. The highest BCUT2D eigenvalue weighted by Gasteiger charge is 2.11. The van der Waals surface area contributed by atoms with E-state index in [0.29, 0.717) is 28.8 Å². The molecule has 0 unspecified atom stereocenters. The molecule has 4 rings (SSSR count). The lowest BCUT2D eigenvalue weighted by molar-refractivity contribution is 0.481. The molecule has 6 heteroatoms. The summed E-state index contributed by atoms with van der Waals surface area (Å²) in [6.07, 6.45) is 5.15. The van der Waals surface area contributed by atoms with E-state index in [4.69, 9.17) is 4.74 Å². The zero-order valence-corrected chi connectivity index (χ0v) is 14.7.